The number of benzene rings is 2. The van der Waals surface area contributed by atoms with Crippen molar-refractivity contribution in [1.29, 1.82) is 0 Å². The fourth-order valence-electron chi connectivity index (χ4n) is 3.83. The topological polar surface area (TPSA) is 69.9 Å². The Balaban J connectivity index is 1.86. The maximum atomic E-state index is 10.6. The van der Waals surface area contributed by atoms with Crippen LogP contribution in [0.4, 0.5) is 0 Å². The van der Waals surface area contributed by atoms with E-state index in [0.717, 1.165) is 22.3 Å². The minimum atomic E-state index is -1.07. The van der Waals surface area contributed by atoms with E-state index in [1.54, 1.807) is 12.1 Å². The third kappa shape index (κ3) is 4.25. The van der Waals surface area contributed by atoms with Crippen molar-refractivity contribution in [3.63, 3.8) is 0 Å². The molecule has 0 saturated carbocycles. The van der Waals surface area contributed by atoms with Gasteiger partial charge < -0.3 is 20.1 Å². The number of rotatable bonds is 5. The van der Waals surface area contributed by atoms with E-state index in [1.807, 2.05) is 37.3 Å². The molecule has 5 heteroatoms. The van der Waals surface area contributed by atoms with Crippen LogP contribution in [0.5, 0.6) is 0 Å². The zero-order chi connectivity index (χ0) is 20.3. The van der Waals surface area contributed by atoms with Gasteiger partial charge in [0.2, 0.25) is 0 Å². The van der Waals surface area contributed by atoms with E-state index in [0.29, 0.717) is 17.9 Å². The van der Waals surface area contributed by atoms with Gasteiger partial charge in [0.05, 0.1) is 18.8 Å². The quantitative estimate of drug-likeness (QED) is 0.674. The summed E-state index contributed by atoms with van der Waals surface area (Å²) in [6, 6.07) is 13.1. The first-order valence-corrected chi connectivity index (χ1v) is 9.82. The Kier molecular flexibility index (Phi) is 6.77. The fourth-order valence-corrected chi connectivity index (χ4v) is 4.01. The molecule has 1 aliphatic rings. The van der Waals surface area contributed by atoms with E-state index in [2.05, 4.69) is 5.92 Å². The molecule has 148 valence electrons. The second-order valence-electron chi connectivity index (χ2n) is 7.20. The number of hydrogen-bond donors (Lipinski definition) is 3. The average Bonchev–Trinajstić information content (AvgIpc) is 2.72. The summed E-state index contributed by atoms with van der Waals surface area (Å²) in [7, 11) is 0. The Labute approximate surface area is 170 Å². The second-order valence-corrected chi connectivity index (χ2v) is 7.61. The van der Waals surface area contributed by atoms with Gasteiger partial charge in [-0.2, -0.15) is 0 Å². The minimum absolute atomic E-state index is 0.208. The van der Waals surface area contributed by atoms with Crippen LogP contribution in [-0.4, -0.2) is 40.2 Å². The Hall–Kier alpha value is -1.87. The van der Waals surface area contributed by atoms with Gasteiger partial charge in [-0.3, -0.25) is 0 Å². The third-order valence-corrected chi connectivity index (χ3v) is 5.83. The Morgan fingerprint density at radius 1 is 1.11 bits per heavy atom. The lowest BCUT2D eigenvalue weighted by atomic mass is 9.83. The fraction of sp³-hybridized carbons (Fsp3) is 0.391. The van der Waals surface area contributed by atoms with Crippen LogP contribution in [-0.2, 0) is 11.2 Å². The molecule has 0 radical (unpaired) electrons. The molecule has 0 amide bonds. The summed E-state index contributed by atoms with van der Waals surface area (Å²) in [6.45, 7) is 1.69. The molecule has 2 aromatic rings. The van der Waals surface area contributed by atoms with Gasteiger partial charge in [0.15, 0.2) is 0 Å². The number of halogens is 1. The van der Waals surface area contributed by atoms with Crippen molar-refractivity contribution in [3.05, 3.63) is 69.7 Å². The number of terminal acetylenes is 1. The number of hydrogen-bond acceptors (Lipinski definition) is 4. The second kappa shape index (κ2) is 9.09. The molecule has 0 aromatic heterocycles. The van der Waals surface area contributed by atoms with Crippen molar-refractivity contribution in [2.45, 2.75) is 44.2 Å². The van der Waals surface area contributed by atoms with Gasteiger partial charge in [-0.1, -0.05) is 48.7 Å². The van der Waals surface area contributed by atoms with Crippen molar-refractivity contribution >= 4 is 11.6 Å². The molecule has 28 heavy (non-hydrogen) atoms. The van der Waals surface area contributed by atoms with Crippen LogP contribution >= 0.6 is 11.6 Å². The zero-order valence-electron chi connectivity index (χ0n) is 15.8. The Morgan fingerprint density at radius 2 is 1.82 bits per heavy atom. The molecular formula is C23H25ClO4. The van der Waals surface area contributed by atoms with Crippen molar-refractivity contribution in [2.75, 3.05) is 6.61 Å². The van der Waals surface area contributed by atoms with Gasteiger partial charge in [0, 0.05) is 16.5 Å². The number of aliphatic hydroxyl groups is 3. The summed E-state index contributed by atoms with van der Waals surface area (Å²) < 4.78 is 5.96. The Morgan fingerprint density at radius 3 is 2.43 bits per heavy atom. The van der Waals surface area contributed by atoms with Crippen molar-refractivity contribution in [3.8, 4) is 12.3 Å². The highest BCUT2D eigenvalue weighted by molar-refractivity contribution is 6.31. The summed E-state index contributed by atoms with van der Waals surface area (Å²) in [5.74, 6) is 2.29. The van der Waals surface area contributed by atoms with Gasteiger partial charge in [0.1, 0.15) is 12.2 Å². The van der Waals surface area contributed by atoms with E-state index in [9.17, 15) is 15.3 Å². The molecule has 0 bridgehead atoms. The first kappa shape index (κ1) is 20.9. The van der Waals surface area contributed by atoms with Gasteiger partial charge in [-0.25, -0.2) is 0 Å². The maximum Gasteiger partial charge on any atom is 0.111 e. The number of aliphatic hydroxyl groups excluding tert-OH is 3. The summed E-state index contributed by atoms with van der Waals surface area (Å²) >= 11 is 6.39. The molecule has 1 heterocycles. The highest BCUT2D eigenvalue weighted by atomic mass is 35.5. The van der Waals surface area contributed by atoms with Crippen molar-refractivity contribution in [2.24, 2.45) is 5.92 Å². The lowest BCUT2D eigenvalue weighted by Crippen LogP contribution is -2.51. The van der Waals surface area contributed by atoms with E-state index in [-0.39, 0.29) is 12.5 Å². The van der Waals surface area contributed by atoms with Crippen molar-refractivity contribution in [1.82, 2.24) is 0 Å². The van der Waals surface area contributed by atoms with E-state index < -0.39 is 24.4 Å². The highest BCUT2D eigenvalue weighted by Gasteiger charge is 2.43. The molecule has 0 aliphatic carbocycles. The van der Waals surface area contributed by atoms with Crippen molar-refractivity contribution < 1.29 is 20.1 Å². The summed E-state index contributed by atoms with van der Waals surface area (Å²) in [5.41, 5.74) is 3.48. The molecule has 4 nitrogen and oxygen atoms in total. The maximum absolute atomic E-state index is 10.6. The molecule has 1 saturated heterocycles. The molecule has 1 unspecified atom stereocenters. The van der Waals surface area contributed by atoms with Crippen LogP contribution in [0.15, 0.2) is 42.5 Å². The van der Waals surface area contributed by atoms with Gasteiger partial charge in [0.25, 0.3) is 0 Å². The van der Waals surface area contributed by atoms with E-state index in [1.165, 1.54) is 0 Å². The third-order valence-electron chi connectivity index (χ3n) is 5.46. The van der Waals surface area contributed by atoms with Gasteiger partial charge in [-0.05, 0) is 47.7 Å². The monoisotopic (exact) mass is 400 g/mol. The smallest absolute Gasteiger partial charge is 0.111 e. The van der Waals surface area contributed by atoms with Gasteiger partial charge >= 0.3 is 0 Å². The summed E-state index contributed by atoms with van der Waals surface area (Å²) in [6.07, 6.45) is 3.32. The predicted octanol–water partition coefficient (Wildman–Crippen LogP) is 3.09. The van der Waals surface area contributed by atoms with Crippen LogP contribution in [0.1, 0.15) is 41.7 Å². The Bertz CT molecular complexity index is 841. The van der Waals surface area contributed by atoms with E-state index in [4.69, 9.17) is 22.8 Å². The predicted molar refractivity (Wildman–Crippen MR) is 109 cm³/mol. The van der Waals surface area contributed by atoms with Gasteiger partial charge in [-0.15, -0.1) is 6.42 Å². The van der Waals surface area contributed by atoms with Crippen LogP contribution in [0.25, 0.3) is 0 Å². The van der Waals surface area contributed by atoms with Crippen LogP contribution in [0.2, 0.25) is 5.02 Å². The average molecular weight is 401 g/mol. The molecule has 2 aromatic carbocycles. The van der Waals surface area contributed by atoms with Crippen LogP contribution in [0, 0.1) is 18.3 Å². The van der Waals surface area contributed by atoms with E-state index >= 15 is 0 Å². The summed E-state index contributed by atoms with van der Waals surface area (Å²) in [4.78, 5) is 0. The number of ether oxygens (including phenoxy) is 1. The van der Waals surface area contributed by atoms with Crippen LogP contribution in [0.3, 0.4) is 0 Å². The minimum Gasteiger partial charge on any atom is -0.394 e. The SMILES string of the molecule is C#Cc1ccc(Cc2cc([C@@H]3O[C@H](CO)[C@@H](CC)C(O)[C@H]3O)ccc2Cl)cc1. The molecule has 0 spiro atoms. The molecule has 3 N–H and O–H groups in total. The first-order chi connectivity index (χ1) is 13.5. The molecule has 5 atom stereocenters. The highest BCUT2D eigenvalue weighted by Crippen LogP contribution is 2.37. The zero-order valence-corrected chi connectivity index (χ0v) is 16.5. The largest absolute Gasteiger partial charge is 0.394 e. The summed E-state index contributed by atoms with van der Waals surface area (Å²) in [5, 5.41) is 31.4. The lowest BCUT2D eigenvalue weighted by Gasteiger charge is -2.42. The first-order valence-electron chi connectivity index (χ1n) is 9.44. The molecule has 1 fully saturated rings. The lowest BCUT2D eigenvalue weighted by molar-refractivity contribution is -0.211. The standard InChI is InChI=1S/C23H25ClO4/c1-3-14-5-7-15(8-6-14)11-17-12-16(9-10-19(17)24)23-22(27)21(26)18(4-2)20(13-25)28-23/h1,5-10,12,18,20-23,25-27H,4,11,13H2,2H3/t18-,20-,21?,22-,23+/m1/s1. The molecule has 1 aliphatic heterocycles. The normalized spacial score (nSPS) is 27.4. The van der Waals surface area contributed by atoms with Crippen LogP contribution < -0.4 is 0 Å². The molecule has 3 rings (SSSR count). The molecular weight excluding hydrogens is 376 g/mol.